The zero-order chi connectivity index (χ0) is 14.0. The summed E-state index contributed by atoms with van der Waals surface area (Å²) in [6.07, 6.45) is 0.527. The van der Waals surface area contributed by atoms with E-state index in [0.717, 1.165) is 21.9 Å². The van der Waals surface area contributed by atoms with Crippen LogP contribution in [0.3, 0.4) is 0 Å². The molecule has 1 unspecified atom stereocenters. The molecule has 0 aliphatic heterocycles. The van der Waals surface area contributed by atoms with Gasteiger partial charge in [-0.25, -0.2) is 0 Å². The van der Waals surface area contributed by atoms with Gasteiger partial charge in [0.05, 0.1) is 5.92 Å². The SMILES string of the molecule is CC(=N)c1ccc2ccc(CC(C)C(=O)O)cc2c1. The molecule has 0 spiro atoms. The molecule has 2 rings (SSSR count). The highest BCUT2D eigenvalue weighted by Crippen LogP contribution is 2.20. The summed E-state index contributed by atoms with van der Waals surface area (Å²) in [6, 6.07) is 11.9. The van der Waals surface area contributed by atoms with Gasteiger partial charge in [0.2, 0.25) is 0 Å². The molecule has 98 valence electrons. The van der Waals surface area contributed by atoms with Crippen molar-refractivity contribution < 1.29 is 9.90 Å². The lowest BCUT2D eigenvalue weighted by Gasteiger charge is -2.08. The lowest BCUT2D eigenvalue weighted by atomic mass is 9.97. The van der Waals surface area contributed by atoms with Gasteiger partial charge in [0.25, 0.3) is 0 Å². The lowest BCUT2D eigenvalue weighted by molar-refractivity contribution is -0.141. The van der Waals surface area contributed by atoms with E-state index < -0.39 is 5.97 Å². The minimum absolute atomic E-state index is 0.384. The number of fused-ring (bicyclic) bond motifs is 1. The summed E-state index contributed by atoms with van der Waals surface area (Å²) in [5.74, 6) is -1.16. The van der Waals surface area contributed by atoms with Crippen LogP contribution in [0.4, 0.5) is 0 Å². The monoisotopic (exact) mass is 255 g/mol. The van der Waals surface area contributed by atoms with E-state index in [9.17, 15) is 4.79 Å². The second-order valence-corrected chi connectivity index (χ2v) is 4.96. The van der Waals surface area contributed by atoms with Crippen LogP contribution < -0.4 is 0 Å². The van der Waals surface area contributed by atoms with Crippen LogP contribution in [0.5, 0.6) is 0 Å². The number of carboxylic acid groups (broad SMARTS) is 1. The van der Waals surface area contributed by atoms with Crippen LogP contribution in [-0.2, 0) is 11.2 Å². The molecule has 0 radical (unpaired) electrons. The van der Waals surface area contributed by atoms with Crippen molar-refractivity contribution in [1.82, 2.24) is 0 Å². The van der Waals surface area contributed by atoms with E-state index in [1.807, 2.05) is 36.4 Å². The molecule has 0 aromatic heterocycles. The van der Waals surface area contributed by atoms with Gasteiger partial charge >= 0.3 is 5.97 Å². The molecule has 0 fully saturated rings. The summed E-state index contributed by atoms with van der Waals surface area (Å²) in [5, 5.41) is 18.8. The van der Waals surface area contributed by atoms with Crippen LogP contribution in [0.15, 0.2) is 36.4 Å². The Balaban J connectivity index is 2.38. The Kier molecular flexibility index (Phi) is 3.65. The Morgan fingerprint density at radius 2 is 1.89 bits per heavy atom. The average molecular weight is 255 g/mol. The number of hydrogen-bond donors (Lipinski definition) is 2. The van der Waals surface area contributed by atoms with E-state index >= 15 is 0 Å². The zero-order valence-corrected chi connectivity index (χ0v) is 11.1. The maximum atomic E-state index is 10.9. The van der Waals surface area contributed by atoms with E-state index in [1.165, 1.54) is 0 Å². The molecule has 3 heteroatoms. The van der Waals surface area contributed by atoms with Crippen LogP contribution in [0.1, 0.15) is 25.0 Å². The molecule has 19 heavy (non-hydrogen) atoms. The third-order valence-electron chi connectivity index (χ3n) is 3.30. The Morgan fingerprint density at radius 1 is 1.21 bits per heavy atom. The van der Waals surface area contributed by atoms with Crippen molar-refractivity contribution >= 4 is 22.5 Å². The first-order valence-electron chi connectivity index (χ1n) is 6.28. The first-order chi connectivity index (χ1) is 8.97. The van der Waals surface area contributed by atoms with Crippen molar-refractivity contribution in [3.05, 3.63) is 47.5 Å². The van der Waals surface area contributed by atoms with Gasteiger partial charge in [0.15, 0.2) is 0 Å². The summed E-state index contributed by atoms with van der Waals surface area (Å²) in [5.41, 5.74) is 2.45. The smallest absolute Gasteiger partial charge is 0.306 e. The van der Waals surface area contributed by atoms with Crippen molar-refractivity contribution in [2.24, 2.45) is 5.92 Å². The van der Waals surface area contributed by atoms with Crippen molar-refractivity contribution in [2.45, 2.75) is 20.3 Å². The number of aliphatic carboxylic acids is 1. The van der Waals surface area contributed by atoms with Crippen LogP contribution in [0.2, 0.25) is 0 Å². The van der Waals surface area contributed by atoms with Crippen molar-refractivity contribution in [3.63, 3.8) is 0 Å². The van der Waals surface area contributed by atoms with Gasteiger partial charge in [-0.05, 0) is 41.3 Å². The normalized spacial score (nSPS) is 12.3. The third kappa shape index (κ3) is 2.99. The Hall–Kier alpha value is -2.16. The molecule has 2 aromatic rings. The summed E-state index contributed by atoms with van der Waals surface area (Å²) < 4.78 is 0. The molecule has 2 aromatic carbocycles. The minimum Gasteiger partial charge on any atom is -0.481 e. The van der Waals surface area contributed by atoms with Crippen LogP contribution in [0, 0.1) is 11.3 Å². The molecule has 0 amide bonds. The first-order valence-corrected chi connectivity index (χ1v) is 6.28. The van der Waals surface area contributed by atoms with Gasteiger partial charge in [0, 0.05) is 5.71 Å². The molecule has 0 aliphatic rings. The van der Waals surface area contributed by atoms with Gasteiger partial charge in [-0.15, -0.1) is 0 Å². The Morgan fingerprint density at radius 3 is 2.53 bits per heavy atom. The van der Waals surface area contributed by atoms with Crippen molar-refractivity contribution in [1.29, 1.82) is 5.41 Å². The lowest BCUT2D eigenvalue weighted by Crippen LogP contribution is -2.12. The molecular weight excluding hydrogens is 238 g/mol. The number of carboxylic acids is 1. The fourth-order valence-electron chi connectivity index (χ4n) is 2.10. The molecule has 0 aliphatic carbocycles. The average Bonchev–Trinajstić information content (AvgIpc) is 2.37. The van der Waals surface area contributed by atoms with Crippen LogP contribution >= 0.6 is 0 Å². The number of rotatable bonds is 4. The Labute approximate surface area is 112 Å². The highest BCUT2D eigenvalue weighted by molar-refractivity contribution is 6.00. The third-order valence-corrected chi connectivity index (χ3v) is 3.30. The number of hydrogen-bond acceptors (Lipinski definition) is 2. The van der Waals surface area contributed by atoms with Gasteiger partial charge in [0.1, 0.15) is 0 Å². The number of carbonyl (C=O) groups is 1. The highest BCUT2D eigenvalue weighted by Gasteiger charge is 2.11. The van der Waals surface area contributed by atoms with Gasteiger partial charge in [-0.1, -0.05) is 37.3 Å². The predicted octanol–water partition coefficient (Wildman–Crippen LogP) is 3.49. The van der Waals surface area contributed by atoms with E-state index in [-0.39, 0.29) is 5.92 Å². The second-order valence-electron chi connectivity index (χ2n) is 4.96. The zero-order valence-electron chi connectivity index (χ0n) is 11.1. The molecular formula is C16H17NO2. The summed E-state index contributed by atoms with van der Waals surface area (Å²) in [4.78, 5) is 10.9. The molecule has 0 saturated heterocycles. The molecule has 3 nitrogen and oxygen atoms in total. The van der Waals surface area contributed by atoms with E-state index in [0.29, 0.717) is 12.1 Å². The van der Waals surface area contributed by atoms with Gasteiger partial charge in [-0.3, -0.25) is 4.79 Å². The summed E-state index contributed by atoms with van der Waals surface area (Å²) in [7, 11) is 0. The van der Waals surface area contributed by atoms with Gasteiger partial charge < -0.3 is 10.5 Å². The number of nitrogens with one attached hydrogen (secondary N) is 1. The highest BCUT2D eigenvalue weighted by atomic mass is 16.4. The molecule has 0 heterocycles. The minimum atomic E-state index is -0.774. The fraction of sp³-hybridized carbons (Fsp3) is 0.250. The van der Waals surface area contributed by atoms with Crippen LogP contribution in [-0.4, -0.2) is 16.8 Å². The maximum Gasteiger partial charge on any atom is 0.306 e. The van der Waals surface area contributed by atoms with Crippen molar-refractivity contribution in [3.8, 4) is 0 Å². The van der Waals surface area contributed by atoms with E-state index in [4.69, 9.17) is 10.5 Å². The fourth-order valence-corrected chi connectivity index (χ4v) is 2.10. The molecule has 1 atom stereocenters. The number of benzene rings is 2. The predicted molar refractivity (Wildman–Crippen MR) is 77.0 cm³/mol. The standard InChI is InChI=1S/C16H17NO2/c1-10(16(18)19)7-12-3-4-13-5-6-14(11(2)17)9-15(13)8-12/h3-6,8-10,17H,7H2,1-2H3,(H,18,19). The molecule has 0 saturated carbocycles. The quantitative estimate of drug-likeness (QED) is 0.821. The topological polar surface area (TPSA) is 61.2 Å². The molecule has 0 bridgehead atoms. The second kappa shape index (κ2) is 5.22. The summed E-state index contributed by atoms with van der Waals surface area (Å²) in [6.45, 7) is 3.47. The largest absolute Gasteiger partial charge is 0.481 e. The Bertz CT molecular complexity index is 646. The van der Waals surface area contributed by atoms with Gasteiger partial charge in [-0.2, -0.15) is 0 Å². The summed E-state index contributed by atoms with van der Waals surface area (Å²) >= 11 is 0. The van der Waals surface area contributed by atoms with Crippen LogP contribution in [0.25, 0.3) is 10.8 Å². The van der Waals surface area contributed by atoms with Crippen molar-refractivity contribution in [2.75, 3.05) is 0 Å². The maximum absolute atomic E-state index is 10.9. The first kappa shape index (κ1) is 13.3. The van der Waals surface area contributed by atoms with E-state index in [2.05, 4.69) is 0 Å². The van der Waals surface area contributed by atoms with E-state index in [1.54, 1.807) is 13.8 Å². The molecule has 2 N–H and O–H groups in total.